The maximum absolute atomic E-state index is 11.2. The Labute approximate surface area is 145 Å². The highest BCUT2D eigenvalue weighted by Gasteiger charge is 2.19. The van der Waals surface area contributed by atoms with E-state index in [9.17, 15) is 4.79 Å². The van der Waals surface area contributed by atoms with Gasteiger partial charge < -0.3 is 10.2 Å². The number of nitrogens with one attached hydrogen (secondary N) is 1. The molecular weight excluding hydrogens is 332 g/mol. The van der Waals surface area contributed by atoms with Crippen molar-refractivity contribution in [3.05, 3.63) is 23.2 Å². The molecule has 0 atom stereocenters. The first-order valence-corrected chi connectivity index (χ1v) is 9.15. The Morgan fingerprint density at radius 1 is 1.35 bits per heavy atom. The first-order valence-electron chi connectivity index (χ1n) is 7.96. The van der Waals surface area contributed by atoms with Gasteiger partial charge in [-0.05, 0) is 18.2 Å². The molecule has 1 aliphatic heterocycles. The number of thiazole rings is 1. The Hall–Kier alpha value is -1.37. The number of halogens is 1. The lowest BCUT2D eigenvalue weighted by molar-refractivity contribution is -0.120. The minimum atomic E-state index is 0.122. The number of amides is 1. The third-order valence-electron chi connectivity index (χ3n) is 4.05. The van der Waals surface area contributed by atoms with E-state index in [4.69, 9.17) is 16.6 Å². The van der Waals surface area contributed by atoms with E-state index in [0.717, 1.165) is 59.6 Å². The lowest BCUT2D eigenvalue weighted by Crippen LogP contribution is -2.48. The van der Waals surface area contributed by atoms with Gasteiger partial charge in [-0.2, -0.15) is 0 Å². The van der Waals surface area contributed by atoms with Crippen LogP contribution in [0.3, 0.4) is 0 Å². The van der Waals surface area contributed by atoms with Gasteiger partial charge in [0.05, 0.1) is 10.2 Å². The molecule has 3 rings (SSSR count). The van der Waals surface area contributed by atoms with Gasteiger partial charge in [-0.15, -0.1) is 0 Å². The average Bonchev–Trinajstić information content (AvgIpc) is 2.98. The molecule has 1 amide bonds. The number of anilines is 1. The Morgan fingerprint density at radius 3 is 2.87 bits per heavy atom. The molecule has 0 saturated carbocycles. The quantitative estimate of drug-likeness (QED) is 0.898. The molecule has 1 saturated heterocycles. The second kappa shape index (κ2) is 7.47. The first kappa shape index (κ1) is 16.5. The highest BCUT2D eigenvalue weighted by molar-refractivity contribution is 7.22. The van der Waals surface area contributed by atoms with E-state index in [1.807, 2.05) is 25.1 Å². The standard InChI is InChI=1S/C16H21ClN4OS/c1-2-15(22)18-5-6-20-7-9-21(10-8-20)16-19-13-4-3-12(17)11-14(13)23-16/h3-4,11H,2,5-10H2,1H3,(H,18,22). The van der Waals surface area contributed by atoms with Crippen molar-refractivity contribution >= 4 is 44.2 Å². The number of hydrogen-bond acceptors (Lipinski definition) is 5. The molecule has 0 radical (unpaired) electrons. The zero-order valence-electron chi connectivity index (χ0n) is 13.2. The Kier molecular flexibility index (Phi) is 5.35. The number of aromatic nitrogens is 1. The minimum absolute atomic E-state index is 0.122. The predicted molar refractivity (Wildman–Crippen MR) is 96.6 cm³/mol. The second-order valence-electron chi connectivity index (χ2n) is 5.64. The number of fused-ring (bicyclic) bond motifs is 1. The maximum Gasteiger partial charge on any atom is 0.219 e. The van der Waals surface area contributed by atoms with Gasteiger partial charge in [0.1, 0.15) is 0 Å². The van der Waals surface area contributed by atoms with Gasteiger partial charge in [0.25, 0.3) is 0 Å². The lowest BCUT2D eigenvalue weighted by atomic mass is 10.3. The number of benzene rings is 1. The number of rotatable bonds is 5. The third kappa shape index (κ3) is 4.13. The van der Waals surface area contributed by atoms with Crippen LogP contribution in [0.25, 0.3) is 10.2 Å². The molecule has 7 heteroatoms. The average molecular weight is 353 g/mol. The summed E-state index contributed by atoms with van der Waals surface area (Å²) in [6, 6.07) is 5.84. The van der Waals surface area contributed by atoms with Crippen molar-refractivity contribution in [1.82, 2.24) is 15.2 Å². The SMILES string of the molecule is CCC(=O)NCCN1CCN(c2nc3ccc(Cl)cc3s2)CC1. The largest absolute Gasteiger partial charge is 0.355 e. The summed E-state index contributed by atoms with van der Waals surface area (Å²) in [4.78, 5) is 20.7. The van der Waals surface area contributed by atoms with Crippen LogP contribution in [0.1, 0.15) is 13.3 Å². The Morgan fingerprint density at radius 2 is 2.13 bits per heavy atom. The van der Waals surface area contributed by atoms with Crippen molar-refractivity contribution < 1.29 is 4.79 Å². The van der Waals surface area contributed by atoms with E-state index in [-0.39, 0.29) is 5.91 Å². The predicted octanol–water partition coefficient (Wildman–Crippen LogP) is 2.60. The van der Waals surface area contributed by atoms with Gasteiger partial charge in [0.2, 0.25) is 5.91 Å². The highest BCUT2D eigenvalue weighted by Crippen LogP contribution is 2.31. The number of carbonyl (C=O) groups excluding carboxylic acids is 1. The molecule has 1 aromatic carbocycles. The molecule has 1 fully saturated rings. The molecule has 124 valence electrons. The molecule has 0 bridgehead atoms. The fraction of sp³-hybridized carbons (Fsp3) is 0.500. The van der Waals surface area contributed by atoms with Crippen LogP contribution in [0, 0.1) is 0 Å². The molecule has 1 N–H and O–H groups in total. The molecule has 1 aliphatic rings. The molecule has 2 aromatic rings. The van der Waals surface area contributed by atoms with Crippen molar-refractivity contribution in [3.8, 4) is 0 Å². The first-order chi connectivity index (χ1) is 11.2. The highest BCUT2D eigenvalue weighted by atomic mass is 35.5. The Bertz CT molecular complexity index is 682. The summed E-state index contributed by atoms with van der Waals surface area (Å²) in [7, 11) is 0. The summed E-state index contributed by atoms with van der Waals surface area (Å²) in [5.74, 6) is 0.122. The van der Waals surface area contributed by atoms with E-state index in [1.165, 1.54) is 0 Å². The van der Waals surface area contributed by atoms with Crippen LogP contribution in [0.15, 0.2) is 18.2 Å². The second-order valence-corrected chi connectivity index (χ2v) is 7.09. The number of carbonyl (C=O) groups is 1. The monoisotopic (exact) mass is 352 g/mol. The normalized spacial score (nSPS) is 16.0. The summed E-state index contributed by atoms with van der Waals surface area (Å²) in [6.07, 6.45) is 0.551. The van der Waals surface area contributed by atoms with Gasteiger partial charge in [-0.1, -0.05) is 29.9 Å². The molecule has 1 aromatic heterocycles. The van der Waals surface area contributed by atoms with Gasteiger partial charge in [-0.25, -0.2) is 4.98 Å². The molecule has 2 heterocycles. The van der Waals surface area contributed by atoms with Crippen molar-refractivity contribution in [3.63, 3.8) is 0 Å². The summed E-state index contributed by atoms with van der Waals surface area (Å²) in [6.45, 7) is 7.45. The van der Waals surface area contributed by atoms with E-state index >= 15 is 0 Å². The van der Waals surface area contributed by atoms with Crippen LogP contribution in [0.4, 0.5) is 5.13 Å². The van der Waals surface area contributed by atoms with Crippen LogP contribution in [-0.4, -0.2) is 55.1 Å². The van der Waals surface area contributed by atoms with Crippen molar-refractivity contribution in [2.75, 3.05) is 44.2 Å². The zero-order valence-corrected chi connectivity index (χ0v) is 14.8. The topological polar surface area (TPSA) is 48.5 Å². The van der Waals surface area contributed by atoms with Crippen molar-refractivity contribution in [1.29, 1.82) is 0 Å². The van der Waals surface area contributed by atoms with Crippen LogP contribution in [-0.2, 0) is 4.79 Å². The number of hydrogen-bond donors (Lipinski definition) is 1. The summed E-state index contributed by atoms with van der Waals surface area (Å²) >= 11 is 7.74. The van der Waals surface area contributed by atoms with E-state index in [0.29, 0.717) is 6.42 Å². The molecular formula is C16H21ClN4OS. The molecule has 0 unspecified atom stereocenters. The van der Waals surface area contributed by atoms with Gasteiger partial charge in [0, 0.05) is 50.7 Å². The van der Waals surface area contributed by atoms with Crippen LogP contribution >= 0.6 is 22.9 Å². The van der Waals surface area contributed by atoms with Crippen molar-refractivity contribution in [2.24, 2.45) is 0 Å². The summed E-state index contributed by atoms with van der Waals surface area (Å²) < 4.78 is 1.14. The smallest absolute Gasteiger partial charge is 0.219 e. The summed E-state index contributed by atoms with van der Waals surface area (Å²) in [5.41, 5.74) is 1.01. The van der Waals surface area contributed by atoms with Crippen LogP contribution in [0.2, 0.25) is 5.02 Å². The molecule has 5 nitrogen and oxygen atoms in total. The van der Waals surface area contributed by atoms with E-state index < -0.39 is 0 Å². The van der Waals surface area contributed by atoms with Gasteiger partial charge >= 0.3 is 0 Å². The van der Waals surface area contributed by atoms with Gasteiger partial charge in [0.15, 0.2) is 5.13 Å². The van der Waals surface area contributed by atoms with E-state index in [1.54, 1.807) is 11.3 Å². The Balaban J connectivity index is 1.52. The van der Waals surface area contributed by atoms with Crippen molar-refractivity contribution in [2.45, 2.75) is 13.3 Å². The number of nitrogens with zero attached hydrogens (tertiary/aromatic N) is 3. The van der Waals surface area contributed by atoms with E-state index in [2.05, 4.69) is 15.1 Å². The van der Waals surface area contributed by atoms with Crippen LogP contribution in [0.5, 0.6) is 0 Å². The van der Waals surface area contributed by atoms with Crippen LogP contribution < -0.4 is 10.2 Å². The zero-order chi connectivity index (χ0) is 16.2. The van der Waals surface area contributed by atoms with Gasteiger partial charge in [-0.3, -0.25) is 9.69 Å². The fourth-order valence-corrected chi connectivity index (χ4v) is 3.96. The molecule has 23 heavy (non-hydrogen) atoms. The summed E-state index contributed by atoms with van der Waals surface area (Å²) in [5, 5.41) is 4.76. The number of piperazine rings is 1. The minimum Gasteiger partial charge on any atom is -0.355 e. The molecule has 0 aliphatic carbocycles. The molecule has 0 spiro atoms. The maximum atomic E-state index is 11.2. The fourth-order valence-electron chi connectivity index (χ4n) is 2.66. The lowest BCUT2D eigenvalue weighted by Gasteiger charge is -2.34. The third-order valence-corrected chi connectivity index (χ3v) is 5.37.